The Morgan fingerprint density at radius 1 is 1.41 bits per heavy atom. The monoisotopic (exact) mass is 294 g/mol. The minimum atomic E-state index is 0.0392. The summed E-state index contributed by atoms with van der Waals surface area (Å²) in [5.74, 6) is 5.58. The SMILES string of the molecule is Cn1cnc(C(Cc2ccc(Br)cc2)NN)c1. The molecule has 0 amide bonds. The van der Waals surface area contributed by atoms with Crippen molar-refractivity contribution < 1.29 is 0 Å². The van der Waals surface area contributed by atoms with Crippen LogP contribution >= 0.6 is 15.9 Å². The number of hydrogen-bond acceptors (Lipinski definition) is 3. The number of nitrogens with zero attached hydrogens (tertiary/aromatic N) is 2. The van der Waals surface area contributed by atoms with Crippen LogP contribution in [0.25, 0.3) is 0 Å². The Balaban J connectivity index is 2.12. The Bertz CT molecular complexity index is 478. The van der Waals surface area contributed by atoms with Gasteiger partial charge in [-0.25, -0.2) is 4.98 Å². The first kappa shape index (κ1) is 12.3. The van der Waals surface area contributed by atoms with Crippen LogP contribution in [0.15, 0.2) is 41.3 Å². The highest BCUT2D eigenvalue weighted by atomic mass is 79.9. The van der Waals surface area contributed by atoms with E-state index in [1.807, 2.05) is 29.9 Å². The third-order valence-corrected chi connectivity index (χ3v) is 3.16. The molecule has 0 saturated carbocycles. The number of benzene rings is 1. The molecule has 4 nitrogen and oxygen atoms in total. The van der Waals surface area contributed by atoms with Gasteiger partial charge in [0.05, 0.1) is 18.1 Å². The normalized spacial score (nSPS) is 12.6. The van der Waals surface area contributed by atoms with Gasteiger partial charge in [-0.15, -0.1) is 0 Å². The van der Waals surface area contributed by atoms with Crippen LogP contribution in [0, 0.1) is 0 Å². The maximum atomic E-state index is 5.58. The largest absolute Gasteiger partial charge is 0.340 e. The van der Waals surface area contributed by atoms with Crippen LogP contribution in [0.3, 0.4) is 0 Å². The number of hydrazine groups is 1. The second kappa shape index (κ2) is 5.44. The number of nitrogens with one attached hydrogen (secondary N) is 1. The van der Waals surface area contributed by atoms with Crippen LogP contribution in [-0.2, 0) is 13.5 Å². The zero-order chi connectivity index (χ0) is 12.3. The highest BCUT2D eigenvalue weighted by molar-refractivity contribution is 9.10. The van der Waals surface area contributed by atoms with Crippen molar-refractivity contribution in [2.75, 3.05) is 0 Å². The lowest BCUT2D eigenvalue weighted by Crippen LogP contribution is -2.29. The first-order valence-electron chi connectivity index (χ1n) is 5.37. The molecule has 17 heavy (non-hydrogen) atoms. The van der Waals surface area contributed by atoms with Crippen molar-refractivity contribution in [3.05, 3.63) is 52.5 Å². The summed E-state index contributed by atoms with van der Waals surface area (Å²) in [6.45, 7) is 0. The van der Waals surface area contributed by atoms with Crippen LogP contribution in [-0.4, -0.2) is 9.55 Å². The van der Waals surface area contributed by atoms with E-state index in [1.165, 1.54) is 5.56 Å². The fraction of sp³-hybridized carbons (Fsp3) is 0.250. The molecule has 0 spiro atoms. The first-order valence-corrected chi connectivity index (χ1v) is 6.17. The second-order valence-corrected chi connectivity index (χ2v) is 4.93. The lowest BCUT2D eigenvalue weighted by atomic mass is 10.0. The van der Waals surface area contributed by atoms with Gasteiger partial charge < -0.3 is 4.57 Å². The van der Waals surface area contributed by atoms with Crippen molar-refractivity contribution in [3.63, 3.8) is 0 Å². The Kier molecular flexibility index (Phi) is 3.93. The molecule has 0 saturated heterocycles. The third-order valence-electron chi connectivity index (χ3n) is 2.64. The van der Waals surface area contributed by atoms with Crippen LogP contribution in [0.2, 0.25) is 0 Å². The van der Waals surface area contributed by atoms with E-state index in [0.717, 1.165) is 16.6 Å². The topological polar surface area (TPSA) is 55.9 Å². The van der Waals surface area contributed by atoms with E-state index in [1.54, 1.807) is 6.33 Å². The van der Waals surface area contributed by atoms with Crippen molar-refractivity contribution in [2.45, 2.75) is 12.5 Å². The molecular formula is C12H15BrN4. The predicted molar refractivity (Wildman–Crippen MR) is 71.1 cm³/mol. The van der Waals surface area contributed by atoms with Gasteiger partial charge in [-0.3, -0.25) is 11.3 Å². The van der Waals surface area contributed by atoms with Gasteiger partial charge in [-0.05, 0) is 24.1 Å². The number of imidazole rings is 1. The van der Waals surface area contributed by atoms with Crippen molar-refractivity contribution in [2.24, 2.45) is 12.9 Å². The fourth-order valence-corrected chi connectivity index (χ4v) is 1.98. The standard InChI is InChI=1S/C12H15BrN4/c1-17-7-12(15-8-17)11(16-14)6-9-2-4-10(13)5-3-9/h2-5,7-8,11,16H,6,14H2,1H3. The molecule has 1 aromatic heterocycles. The molecule has 1 heterocycles. The third kappa shape index (κ3) is 3.15. The summed E-state index contributed by atoms with van der Waals surface area (Å²) < 4.78 is 3.00. The van der Waals surface area contributed by atoms with E-state index >= 15 is 0 Å². The van der Waals surface area contributed by atoms with Crippen molar-refractivity contribution in [1.82, 2.24) is 15.0 Å². The molecular weight excluding hydrogens is 280 g/mol. The molecule has 0 radical (unpaired) electrons. The zero-order valence-electron chi connectivity index (χ0n) is 9.60. The Morgan fingerprint density at radius 3 is 2.65 bits per heavy atom. The first-order chi connectivity index (χ1) is 8.19. The molecule has 0 fully saturated rings. The molecule has 2 rings (SSSR count). The van der Waals surface area contributed by atoms with Crippen LogP contribution in [0.4, 0.5) is 0 Å². The highest BCUT2D eigenvalue weighted by Gasteiger charge is 2.12. The number of aromatic nitrogens is 2. The lowest BCUT2D eigenvalue weighted by molar-refractivity contribution is 0.540. The van der Waals surface area contributed by atoms with E-state index in [2.05, 4.69) is 38.5 Å². The van der Waals surface area contributed by atoms with Gasteiger partial charge >= 0.3 is 0 Å². The average molecular weight is 295 g/mol. The minimum Gasteiger partial charge on any atom is -0.340 e. The van der Waals surface area contributed by atoms with E-state index in [-0.39, 0.29) is 6.04 Å². The molecule has 3 N–H and O–H groups in total. The minimum absolute atomic E-state index is 0.0392. The molecule has 0 aliphatic heterocycles. The maximum absolute atomic E-state index is 5.58. The smallest absolute Gasteiger partial charge is 0.0947 e. The quantitative estimate of drug-likeness (QED) is 0.669. The summed E-state index contributed by atoms with van der Waals surface area (Å²) in [5.41, 5.74) is 4.99. The molecule has 1 aromatic carbocycles. The number of hydrogen-bond donors (Lipinski definition) is 2. The van der Waals surface area contributed by atoms with E-state index in [9.17, 15) is 0 Å². The second-order valence-electron chi connectivity index (χ2n) is 4.01. The van der Waals surface area contributed by atoms with Gasteiger partial charge in [0.2, 0.25) is 0 Å². The summed E-state index contributed by atoms with van der Waals surface area (Å²) in [6, 6.07) is 8.26. The van der Waals surface area contributed by atoms with Crippen LogP contribution in [0.5, 0.6) is 0 Å². The number of aryl methyl sites for hydroxylation is 1. The summed E-state index contributed by atoms with van der Waals surface area (Å²) in [5, 5.41) is 0. The number of nitrogens with two attached hydrogens (primary N) is 1. The Labute approximate surface area is 109 Å². The van der Waals surface area contributed by atoms with Crippen molar-refractivity contribution in [1.29, 1.82) is 0 Å². The van der Waals surface area contributed by atoms with E-state index < -0.39 is 0 Å². The molecule has 1 atom stereocenters. The van der Waals surface area contributed by atoms with Gasteiger partial charge in [-0.1, -0.05) is 28.1 Å². The Hall–Kier alpha value is -1.17. The maximum Gasteiger partial charge on any atom is 0.0947 e. The molecule has 5 heteroatoms. The molecule has 0 bridgehead atoms. The van der Waals surface area contributed by atoms with E-state index in [0.29, 0.717) is 0 Å². The zero-order valence-corrected chi connectivity index (χ0v) is 11.2. The van der Waals surface area contributed by atoms with Gasteiger partial charge in [0.15, 0.2) is 0 Å². The van der Waals surface area contributed by atoms with Crippen molar-refractivity contribution >= 4 is 15.9 Å². The Morgan fingerprint density at radius 2 is 2.12 bits per heavy atom. The summed E-state index contributed by atoms with van der Waals surface area (Å²) in [6.07, 6.45) is 4.57. The van der Waals surface area contributed by atoms with Gasteiger partial charge in [0, 0.05) is 17.7 Å². The molecule has 0 aliphatic carbocycles. The van der Waals surface area contributed by atoms with E-state index in [4.69, 9.17) is 5.84 Å². The fourth-order valence-electron chi connectivity index (χ4n) is 1.72. The van der Waals surface area contributed by atoms with Crippen LogP contribution < -0.4 is 11.3 Å². The summed E-state index contributed by atoms with van der Waals surface area (Å²) >= 11 is 3.42. The summed E-state index contributed by atoms with van der Waals surface area (Å²) in [4.78, 5) is 4.31. The van der Waals surface area contributed by atoms with Gasteiger partial charge in [0.1, 0.15) is 0 Å². The summed E-state index contributed by atoms with van der Waals surface area (Å²) in [7, 11) is 1.95. The molecule has 0 aliphatic rings. The average Bonchev–Trinajstić information content (AvgIpc) is 2.75. The highest BCUT2D eigenvalue weighted by Crippen LogP contribution is 2.17. The predicted octanol–water partition coefficient (Wildman–Crippen LogP) is 1.93. The lowest BCUT2D eigenvalue weighted by Gasteiger charge is -2.13. The van der Waals surface area contributed by atoms with Gasteiger partial charge in [-0.2, -0.15) is 0 Å². The molecule has 1 unspecified atom stereocenters. The van der Waals surface area contributed by atoms with Crippen molar-refractivity contribution in [3.8, 4) is 0 Å². The van der Waals surface area contributed by atoms with Crippen LogP contribution in [0.1, 0.15) is 17.3 Å². The number of rotatable bonds is 4. The number of halogens is 1. The molecule has 90 valence electrons. The van der Waals surface area contributed by atoms with Gasteiger partial charge in [0.25, 0.3) is 0 Å². The molecule has 2 aromatic rings.